The van der Waals surface area contributed by atoms with Gasteiger partial charge in [-0.1, -0.05) is 18.9 Å². The van der Waals surface area contributed by atoms with Crippen molar-refractivity contribution in [2.45, 2.75) is 32.1 Å². The molecule has 104 valence electrons. The molecule has 0 bridgehead atoms. The molecule has 1 aromatic rings. The van der Waals surface area contributed by atoms with Crippen molar-refractivity contribution >= 4 is 11.7 Å². The van der Waals surface area contributed by atoms with Crippen molar-refractivity contribution < 1.29 is 9.53 Å². The molecule has 1 saturated carbocycles. The number of carbonyl (C=O) groups is 1. The van der Waals surface area contributed by atoms with Gasteiger partial charge in [0.2, 0.25) is 0 Å². The lowest BCUT2D eigenvalue weighted by Gasteiger charge is -2.26. The lowest BCUT2D eigenvalue weighted by Crippen LogP contribution is -2.26. The summed E-state index contributed by atoms with van der Waals surface area (Å²) >= 11 is 0. The van der Waals surface area contributed by atoms with E-state index in [4.69, 9.17) is 11.2 Å². The summed E-state index contributed by atoms with van der Waals surface area (Å²) in [5, 5.41) is 0. The van der Waals surface area contributed by atoms with Crippen molar-refractivity contribution in [1.82, 2.24) is 0 Å². The molecule has 0 aromatic heterocycles. The smallest absolute Gasteiger partial charge is 0.311 e. The largest absolute Gasteiger partial charge is 0.426 e. The Hall–Kier alpha value is -1.95. The van der Waals surface area contributed by atoms with Gasteiger partial charge >= 0.3 is 5.97 Å². The maximum Gasteiger partial charge on any atom is 0.311 e. The number of ether oxygens (including phenoxy) is 1. The number of nitrogens with zero attached hydrogens (tertiary/aromatic N) is 1. The first kappa shape index (κ1) is 13.1. The van der Waals surface area contributed by atoms with Crippen LogP contribution in [0.3, 0.4) is 0 Å². The van der Waals surface area contributed by atoms with Crippen LogP contribution in [0.5, 0.6) is 5.75 Å². The van der Waals surface area contributed by atoms with Crippen molar-refractivity contribution in [2.75, 3.05) is 18.0 Å². The highest BCUT2D eigenvalue weighted by Gasteiger charge is 2.27. The molecule has 0 N–H and O–H groups in total. The average Bonchev–Trinajstić information content (AvgIpc) is 3.21. The van der Waals surface area contributed by atoms with Gasteiger partial charge in [-0.2, -0.15) is 0 Å². The Kier molecular flexibility index (Phi) is 3.40. The summed E-state index contributed by atoms with van der Waals surface area (Å²) in [5.41, 5.74) is 2.16. The minimum atomic E-state index is -0.146. The van der Waals surface area contributed by atoms with Gasteiger partial charge in [0, 0.05) is 18.3 Å². The zero-order valence-corrected chi connectivity index (χ0v) is 11.8. The molecule has 1 atom stereocenters. The number of hydrogen-bond acceptors (Lipinski definition) is 3. The molecule has 3 heteroatoms. The molecule has 0 spiro atoms. The molecule has 1 unspecified atom stereocenters. The van der Waals surface area contributed by atoms with E-state index in [1.807, 2.05) is 6.07 Å². The first-order chi connectivity index (χ1) is 9.67. The van der Waals surface area contributed by atoms with E-state index >= 15 is 0 Å². The van der Waals surface area contributed by atoms with Gasteiger partial charge < -0.3 is 9.64 Å². The molecule has 1 aromatic carbocycles. The second-order valence-electron chi connectivity index (χ2n) is 5.83. The second-order valence-corrected chi connectivity index (χ2v) is 5.83. The summed E-state index contributed by atoms with van der Waals surface area (Å²) in [5.74, 6) is 4.26. The van der Waals surface area contributed by atoms with Crippen LogP contribution in [0.25, 0.3) is 0 Å². The molecule has 3 rings (SSSR count). The summed E-state index contributed by atoms with van der Waals surface area (Å²) in [7, 11) is 0. The molecule has 1 fully saturated rings. The Morgan fingerprint density at radius 2 is 2.25 bits per heavy atom. The van der Waals surface area contributed by atoms with Crippen LogP contribution in [0.1, 0.15) is 37.7 Å². The van der Waals surface area contributed by atoms with Crippen LogP contribution < -0.4 is 9.64 Å². The van der Waals surface area contributed by atoms with E-state index in [9.17, 15) is 4.79 Å². The minimum Gasteiger partial charge on any atom is -0.426 e. The minimum absolute atomic E-state index is 0.146. The normalized spacial score (nSPS) is 20.8. The van der Waals surface area contributed by atoms with Crippen LogP contribution in [0.2, 0.25) is 0 Å². The van der Waals surface area contributed by atoms with Gasteiger partial charge in [0.05, 0.1) is 13.0 Å². The molecule has 1 aliphatic heterocycles. The summed E-state index contributed by atoms with van der Waals surface area (Å²) in [6.07, 6.45) is 8.51. The van der Waals surface area contributed by atoms with E-state index in [2.05, 4.69) is 29.9 Å². The van der Waals surface area contributed by atoms with Crippen molar-refractivity contribution in [3.8, 4) is 18.1 Å². The van der Waals surface area contributed by atoms with Crippen LogP contribution in [-0.2, 0) is 4.79 Å². The third-order valence-electron chi connectivity index (χ3n) is 4.05. The quantitative estimate of drug-likeness (QED) is 0.478. The summed E-state index contributed by atoms with van der Waals surface area (Å²) < 4.78 is 5.37. The van der Waals surface area contributed by atoms with Gasteiger partial charge in [0.25, 0.3) is 0 Å². The summed E-state index contributed by atoms with van der Waals surface area (Å²) in [4.78, 5) is 13.8. The fraction of sp³-hybridized carbons (Fsp3) is 0.471. The molecule has 1 aliphatic carbocycles. The van der Waals surface area contributed by atoms with E-state index in [0.717, 1.165) is 23.7 Å². The molecule has 0 amide bonds. The Morgan fingerprint density at radius 1 is 1.45 bits per heavy atom. The van der Waals surface area contributed by atoms with Crippen LogP contribution in [0.4, 0.5) is 5.69 Å². The maximum atomic E-state index is 11.6. The fourth-order valence-corrected chi connectivity index (χ4v) is 2.72. The van der Waals surface area contributed by atoms with Crippen LogP contribution in [-0.4, -0.2) is 19.1 Å². The molecule has 0 saturated heterocycles. The Balaban J connectivity index is 1.87. The third-order valence-corrected chi connectivity index (χ3v) is 4.05. The predicted molar refractivity (Wildman–Crippen MR) is 78.9 cm³/mol. The maximum absolute atomic E-state index is 11.6. The molecular weight excluding hydrogens is 250 g/mol. The molecule has 2 aliphatic rings. The first-order valence-corrected chi connectivity index (χ1v) is 7.20. The topological polar surface area (TPSA) is 29.5 Å². The average molecular weight is 269 g/mol. The number of esters is 1. The summed E-state index contributed by atoms with van der Waals surface area (Å²) in [6.45, 7) is 3.65. The number of terminal acetylenes is 1. The number of carbonyl (C=O) groups excluding carboxylic acids is 1. The van der Waals surface area contributed by atoms with Gasteiger partial charge in [-0.25, -0.2) is 0 Å². The molecular formula is C17H19NO2. The molecule has 3 nitrogen and oxygen atoms in total. The Bertz CT molecular complexity index is 569. The fourth-order valence-electron chi connectivity index (χ4n) is 2.72. The highest BCUT2D eigenvalue weighted by atomic mass is 16.5. The van der Waals surface area contributed by atoms with E-state index in [0.29, 0.717) is 18.7 Å². The van der Waals surface area contributed by atoms with Crippen molar-refractivity contribution in [2.24, 2.45) is 5.92 Å². The predicted octanol–water partition coefficient (Wildman–Crippen LogP) is 2.95. The molecule has 1 heterocycles. The Labute approximate surface area is 119 Å². The van der Waals surface area contributed by atoms with Gasteiger partial charge in [-0.15, -0.1) is 6.42 Å². The molecule has 20 heavy (non-hydrogen) atoms. The number of benzene rings is 1. The lowest BCUT2D eigenvalue weighted by molar-refractivity contribution is -0.135. The second kappa shape index (κ2) is 5.20. The van der Waals surface area contributed by atoms with Crippen molar-refractivity contribution in [1.29, 1.82) is 0 Å². The van der Waals surface area contributed by atoms with E-state index < -0.39 is 0 Å². The lowest BCUT2D eigenvalue weighted by atomic mass is 9.94. The monoisotopic (exact) mass is 269 g/mol. The number of hydrogen-bond donors (Lipinski definition) is 0. The number of anilines is 1. The van der Waals surface area contributed by atoms with E-state index in [1.54, 1.807) is 0 Å². The van der Waals surface area contributed by atoms with E-state index in [-0.39, 0.29) is 11.9 Å². The highest BCUT2D eigenvalue weighted by Crippen LogP contribution is 2.38. The van der Waals surface area contributed by atoms with Crippen LogP contribution in [0.15, 0.2) is 18.2 Å². The van der Waals surface area contributed by atoms with Crippen LogP contribution >= 0.6 is 0 Å². The third kappa shape index (κ3) is 2.65. The van der Waals surface area contributed by atoms with Gasteiger partial charge in [-0.05, 0) is 36.3 Å². The van der Waals surface area contributed by atoms with Crippen molar-refractivity contribution in [3.63, 3.8) is 0 Å². The van der Waals surface area contributed by atoms with Crippen molar-refractivity contribution in [3.05, 3.63) is 23.8 Å². The number of rotatable bonds is 4. The zero-order chi connectivity index (χ0) is 14.1. The highest BCUT2D eigenvalue weighted by molar-refractivity contribution is 5.77. The van der Waals surface area contributed by atoms with Gasteiger partial charge in [0.15, 0.2) is 0 Å². The van der Waals surface area contributed by atoms with E-state index in [1.165, 1.54) is 12.8 Å². The summed E-state index contributed by atoms with van der Waals surface area (Å²) in [6, 6.07) is 6.12. The van der Waals surface area contributed by atoms with Gasteiger partial charge in [-0.3, -0.25) is 4.79 Å². The zero-order valence-electron chi connectivity index (χ0n) is 11.8. The number of fused-ring (bicyclic) bond motifs is 1. The Morgan fingerprint density at radius 3 is 2.95 bits per heavy atom. The van der Waals surface area contributed by atoms with Crippen LogP contribution in [0, 0.1) is 18.3 Å². The van der Waals surface area contributed by atoms with Gasteiger partial charge in [0.1, 0.15) is 5.75 Å². The standard InChI is InChI=1S/C17H19NO2/c1-3-8-18(11-13-4-5-13)14-6-7-15-12(2)9-17(19)20-16(15)10-14/h1,6-7,10,12-13H,4-5,8-9,11H2,2H3. The SMILES string of the molecule is C#CCN(CC1CC1)c1ccc2c(c1)OC(=O)CC2C. The molecule has 0 radical (unpaired) electrons. The first-order valence-electron chi connectivity index (χ1n) is 7.20.